The van der Waals surface area contributed by atoms with E-state index in [-0.39, 0.29) is 11.6 Å². The Morgan fingerprint density at radius 1 is 1.33 bits per heavy atom. The molecule has 1 atom stereocenters. The molecule has 7 heteroatoms. The zero-order chi connectivity index (χ0) is 15.0. The number of carboxylic acids is 1. The van der Waals surface area contributed by atoms with Crippen molar-refractivity contribution in [3.8, 4) is 11.3 Å². The SMILES string of the molecule is CN1CCC(n2nnc(C(=O)O)c2-c2ccccc2)C1=O. The number of carbonyl (C=O) groups is 2. The van der Waals surface area contributed by atoms with Crippen LogP contribution in [0.5, 0.6) is 0 Å². The maximum absolute atomic E-state index is 12.2. The van der Waals surface area contributed by atoms with Gasteiger partial charge in [0, 0.05) is 19.2 Å². The number of hydrogen-bond acceptors (Lipinski definition) is 4. The number of benzene rings is 1. The van der Waals surface area contributed by atoms with Crippen molar-refractivity contribution in [1.82, 2.24) is 19.9 Å². The molecule has 0 saturated carbocycles. The fourth-order valence-electron chi connectivity index (χ4n) is 2.55. The summed E-state index contributed by atoms with van der Waals surface area (Å²) in [5.41, 5.74) is 0.919. The summed E-state index contributed by atoms with van der Waals surface area (Å²) >= 11 is 0. The highest BCUT2D eigenvalue weighted by molar-refractivity contribution is 5.93. The van der Waals surface area contributed by atoms with Gasteiger partial charge in [-0.3, -0.25) is 4.79 Å². The molecular formula is C14H14N4O3. The van der Waals surface area contributed by atoms with Crippen molar-refractivity contribution in [2.75, 3.05) is 13.6 Å². The lowest BCUT2D eigenvalue weighted by atomic mass is 10.1. The third kappa shape index (κ3) is 2.16. The molecule has 1 aliphatic heterocycles. The largest absolute Gasteiger partial charge is 0.476 e. The number of hydrogen-bond donors (Lipinski definition) is 1. The summed E-state index contributed by atoms with van der Waals surface area (Å²) in [4.78, 5) is 25.1. The van der Waals surface area contributed by atoms with Gasteiger partial charge < -0.3 is 10.0 Å². The lowest BCUT2D eigenvalue weighted by molar-refractivity contribution is -0.129. The molecule has 108 valence electrons. The smallest absolute Gasteiger partial charge is 0.358 e. The molecule has 0 aliphatic carbocycles. The van der Waals surface area contributed by atoms with Crippen LogP contribution in [-0.4, -0.2) is 50.5 Å². The normalized spacial score (nSPS) is 18.2. The van der Waals surface area contributed by atoms with Crippen LogP contribution in [0, 0.1) is 0 Å². The first-order valence-electron chi connectivity index (χ1n) is 6.58. The maximum atomic E-state index is 12.2. The zero-order valence-corrected chi connectivity index (χ0v) is 11.4. The van der Waals surface area contributed by atoms with E-state index in [2.05, 4.69) is 10.3 Å². The molecule has 1 N–H and O–H groups in total. The average Bonchev–Trinajstić information content (AvgIpc) is 3.05. The molecule has 3 rings (SSSR count). The van der Waals surface area contributed by atoms with Gasteiger partial charge in [0.05, 0.1) is 0 Å². The molecule has 21 heavy (non-hydrogen) atoms. The van der Waals surface area contributed by atoms with Crippen LogP contribution in [-0.2, 0) is 4.79 Å². The second-order valence-corrected chi connectivity index (χ2v) is 4.97. The Morgan fingerprint density at radius 2 is 2.05 bits per heavy atom. The monoisotopic (exact) mass is 286 g/mol. The van der Waals surface area contributed by atoms with Crippen LogP contribution in [0.1, 0.15) is 23.0 Å². The van der Waals surface area contributed by atoms with E-state index in [9.17, 15) is 14.7 Å². The number of likely N-dealkylation sites (N-methyl/N-ethyl adjacent to an activating group) is 1. The van der Waals surface area contributed by atoms with Gasteiger partial charge in [0.25, 0.3) is 0 Å². The highest BCUT2D eigenvalue weighted by atomic mass is 16.4. The first kappa shape index (κ1) is 13.3. The van der Waals surface area contributed by atoms with E-state index in [1.807, 2.05) is 6.07 Å². The molecule has 2 aromatic rings. The van der Waals surface area contributed by atoms with Crippen LogP contribution in [0.4, 0.5) is 0 Å². The summed E-state index contributed by atoms with van der Waals surface area (Å²) in [7, 11) is 1.72. The van der Waals surface area contributed by atoms with Crippen molar-refractivity contribution >= 4 is 11.9 Å². The molecule has 0 spiro atoms. The minimum atomic E-state index is -1.15. The van der Waals surface area contributed by atoms with E-state index in [1.165, 1.54) is 4.68 Å². The molecule has 1 fully saturated rings. The molecule has 0 bridgehead atoms. The number of rotatable bonds is 3. The van der Waals surface area contributed by atoms with E-state index in [1.54, 1.807) is 36.2 Å². The van der Waals surface area contributed by atoms with Crippen LogP contribution in [0.25, 0.3) is 11.3 Å². The summed E-state index contributed by atoms with van der Waals surface area (Å²) < 4.78 is 1.44. The highest BCUT2D eigenvalue weighted by Gasteiger charge is 2.35. The molecule has 1 aliphatic rings. The first-order chi connectivity index (χ1) is 10.1. The molecule has 1 saturated heterocycles. The van der Waals surface area contributed by atoms with Crippen LogP contribution >= 0.6 is 0 Å². The predicted molar refractivity (Wildman–Crippen MR) is 73.7 cm³/mol. The Bertz CT molecular complexity index is 695. The summed E-state index contributed by atoms with van der Waals surface area (Å²) in [6.07, 6.45) is 0.595. The van der Waals surface area contributed by atoms with Gasteiger partial charge in [0.15, 0.2) is 5.69 Å². The number of likely N-dealkylation sites (tertiary alicyclic amines) is 1. The molecule has 1 aromatic heterocycles. The fraction of sp³-hybridized carbons (Fsp3) is 0.286. The van der Waals surface area contributed by atoms with Crippen LogP contribution in [0.3, 0.4) is 0 Å². The van der Waals surface area contributed by atoms with Gasteiger partial charge in [-0.1, -0.05) is 35.5 Å². The Kier molecular flexibility index (Phi) is 3.17. The average molecular weight is 286 g/mol. The van der Waals surface area contributed by atoms with E-state index >= 15 is 0 Å². The quantitative estimate of drug-likeness (QED) is 0.911. The van der Waals surface area contributed by atoms with Gasteiger partial charge in [-0.15, -0.1) is 5.10 Å². The van der Waals surface area contributed by atoms with Gasteiger partial charge >= 0.3 is 5.97 Å². The molecule has 1 amide bonds. The van der Waals surface area contributed by atoms with Crippen LogP contribution in [0.15, 0.2) is 30.3 Å². The minimum absolute atomic E-state index is 0.0750. The number of carbonyl (C=O) groups excluding carboxylic acids is 1. The van der Waals surface area contributed by atoms with E-state index in [0.717, 1.165) is 0 Å². The van der Waals surface area contributed by atoms with Crippen molar-refractivity contribution in [2.45, 2.75) is 12.5 Å². The summed E-state index contributed by atoms with van der Waals surface area (Å²) in [6.45, 7) is 0.625. The summed E-state index contributed by atoms with van der Waals surface area (Å²) in [5.74, 6) is -1.23. The van der Waals surface area contributed by atoms with E-state index < -0.39 is 12.0 Å². The number of aromatic nitrogens is 3. The molecule has 2 heterocycles. The van der Waals surface area contributed by atoms with Gasteiger partial charge in [0.1, 0.15) is 11.7 Å². The first-order valence-corrected chi connectivity index (χ1v) is 6.58. The zero-order valence-electron chi connectivity index (χ0n) is 11.4. The molecule has 7 nitrogen and oxygen atoms in total. The van der Waals surface area contributed by atoms with Gasteiger partial charge in [0.2, 0.25) is 5.91 Å². The number of nitrogens with zero attached hydrogens (tertiary/aromatic N) is 4. The predicted octanol–water partition coefficient (Wildman–Crippen LogP) is 1.05. The molecule has 1 aromatic carbocycles. The van der Waals surface area contributed by atoms with E-state index in [0.29, 0.717) is 24.2 Å². The van der Waals surface area contributed by atoms with Crippen molar-refractivity contribution < 1.29 is 14.7 Å². The van der Waals surface area contributed by atoms with Crippen molar-refractivity contribution in [1.29, 1.82) is 0 Å². The third-order valence-corrected chi connectivity index (χ3v) is 3.64. The minimum Gasteiger partial charge on any atom is -0.476 e. The number of amides is 1. The Morgan fingerprint density at radius 3 is 2.62 bits per heavy atom. The summed E-state index contributed by atoms with van der Waals surface area (Å²) in [6, 6.07) is 8.52. The van der Waals surface area contributed by atoms with E-state index in [4.69, 9.17) is 0 Å². The second-order valence-electron chi connectivity index (χ2n) is 4.97. The lowest BCUT2D eigenvalue weighted by Crippen LogP contribution is -2.25. The topological polar surface area (TPSA) is 88.3 Å². The second kappa shape index (κ2) is 5.01. The van der Waals surface area contributed by atoms with Gasteiger partial charge in [-0.05, 0) is 6.42 Å². The third-order valence-electron chi connectivity index (χ3n) is 3.64. The molecule has 0 radical (unpaired) electrons. The van der Waals surface area contributed by atoms with Crippen LogP contribution < -0.4 is 0 Å². The van der Waals surface area contributed by atoms with Gasteiger partial charge in [-0.2, -0.15) is 0 Å². The van der Waals surface area contributed by atoms with Gasteiger partial charge in [-0.25, -0.2) is 9.48 Å². The Hall–Kier alpha value is -2.70. The van der Waals surface area contributed by atoms with Crippen molar-refractivity contribution in [2.24, 2.45) is 0 Å². The fourth-order valence-corrected chi connectivity index (χ4v) is 2.55. The molecule has 1 unspecified atom stereocenters. The Labute approximate surface area is 120 Å². The van der Waals surface area contributed by atoms with Crippen LogP contribution in [0.2, 0.25) is 0 Å². The van der Waals surface area contributed by atoms with Crippen molar-refractivity contribution in [3.63, 3.8) is 0 Å². The number of aromatic carboxylic acids is 1. The molecular weight excluding hydrogens is 272 g/mol. The maximum Gasteiger partial charge on any atom is 0.358 e. The number of carboxylic acid groups (broad SMARTS) is 1. The summed E-state index contributed by atoms with van der Waals surface area (Å²) in [5, 5.41) is 16.9. The lowest BCUT2D eigenvalue weighted by Gasteiger charge is -2.13. The van der Waals surface area contributed by atoms with Crippen molar-refractivity contribution in [3.05, 3.63) is 36.0 Å². The Balaban J connectivity index is 2.14. The highest BCUT2D eigenvalue weighted by Crippen LogP contribution is 2.29. The standard InChI is InChI=1S/C14H14N4O3/c1-17-8-7-10(13(17)19)18-12(9-5-3-2-4-6-9)11(14(20)21)15-16-18/h2-6,10H,7-8H2,1H3,(H,20,21).